The molecule has 1 fully saturated rings. The number of phenolic OH excluding ortho intramolecular Hbond substituents is 1. The van der Waals surface area contributed by atoms with Crippen molar-refractivity contribution in [1.29, 1.82) is 0 Å². The molecule has 1 saturated heterocycles. The van der Waals surface area contributed by atoms with Crippen LogP contribution < -0.4 is 10.9 Å². The normalized spacial score (nSPS) is 14.3. The van der Waals surface area contributed by atoms with Crippen molar-refractivity contribution in [3.05, 3.63) is 53.9 Å². The molecule has 1 aromatic heterocycles. The van der Waals surface area contributed by atoms with Crippen LogP contribution in [0.4, 0.5) is 0 Å². The highest BCUT2D eigenvalue weighted by Gasteiger charge is 2.28. The van der Waals surface area contributed by atoms with Gasteiger partial charge in [-0.2, -0.15) is 4.31 Å². The topological polar surface area (TPSA) is 134 Å². The van der Waals surface area contributed by atoms with Gasteiger partial charge in [-0.1, -0.05) is 19.1 Å². The second kappa shape index (κ2) is 10.4. The summed E-state index contributed by atoms with van der Waals surface area (Å²) in [5, 5.41) is 9.75. The number of aromatic hydroxyl groups is 1. The number of hydrazine groups is 1. The van der Waals surface area contributed by atoms with E-state index in [1.165, 1.54) is 16.4 Å². The predicted octanol–water partition coefficient (Wildman–Crippen LogP) is 2.33. The third kappa shape index (κ3) is 5.30. The molecule has 3 aromatic rings. The number of phenols is 1. The van der Waals surface area contributed by atoms with Crippen LogP contribution in [-0.4, -0.2) is 52.3 Å². The molecule has 4 rings (SSSR count). The van der Waals surface area contributed by atoms with Crippen LogP contribution in [0.3, 0.4) is 0 Å². The summed E-state index contributed by atoms with van der Waals surface area (Å²) in [7, 11) is -3.55. The highest BCUT2D eigenvalue weighted by Crippen LogP contribution is 2.26. The lowest BCUT2D eigenvalue weighted by Crippen LogP contribution is -2.41. The number of carbonyl (C=O) groups is 2. The van der Waals surface area contributed by atoms with Gasteiger partial charge in [-0.15, -0.1) is 0 Å². The van der Waals surface area contributed by atoms with E-state index in [4.69, 9.17) is 0 Å². The molecule has 0 unspecified atom stereocenters. The van der Waals surface area contributed by atoms with Crippen LogP contribution >= 0.6 is 0 Å². The first-order valence-corrected chi connectivity index (χ1v) is 13.1. The Morgan fingerprint density at radius 1 is 1.09 bits per heavy atom. The summed E-state index contributed by atoms with van der Waals surface area (Å²) in [6.07, 6.45) is 2.95. The molecule has 0 bridgehead atoms. The van der Waals surface area contributed by atoms with Crippen LogP contribution in [0.15, 0.2) is 47.4 Å². The number of carbonyl (C=O) groups excluding carboxylic acids is 2. The van der Waals surface area contributed by atoms with Gasteiger partial charge < -0.3 is 9.67 Å². The van der Waals surface area contributed by atoms with Gasteiger partial charge in [0.1, 0.15) is 11.6 Å². The van der Waals surface area contributed by atoms with Gasteiger partial charge in [0.2, 0.25) is 15.9 Å². The van der Waals surface area contributed by atoms with Gasteiger partial charge in [0.05, 0.1) is 21.5 Å². The number of amides is 2. The smallest absolute Gasteiger partial charge is 0.273 e. The fourth-order valence-electron chi connectivity index (χ4n) is 4.21. The summed E-state index contributed by atoms with van der Waals surface area (Å²) < 4.78 is 29.4. The van der Waals surface area contributed by atoms with E-state index >= 15 is 0 Å². The van der Waals surface area contributed by atoms with Crippen molar-refractivity contribution >= 4 is 32.9 Å². The Morgan fingerprint density at radius 2 is 1.83 bits per heavy atom. The number of hydrogen-bond donors (Lipinski definition) is 3. The standard InChI is InChI=1S/C24H29N5O5S/c1-2-13-29-20-10-9-17(35(33,34)28-14-5-6-15-28)16-19(20)25-22(29)11-12-23(31)26-27-24(32)18-7-3-4-8-21(18)30/h3-4,7-10,16,30H,2,5-6,11-15H2,1H3,(H,26,31)(H,27,32). The van der Waals surface area contributed by atoms with E-state index in [2.05, 4.69) is 15.8 Å². The number of para-hydroxylation sites is 1. The minimum absolute atomic E-state index is 0.0530. The number of nitrogens with zero attached hydrogens (tertiary/aromatic N) is 3. The van der Waals surface area contributed by atoms with Crippen molar-refractivity contribution in [1.82, 2.24) is 24.7 Å². The number of nitrogens with one attached hydrogen (secondary N) is 2. The average molecular weight is 500 g/mol. The molecule has 0 atom stereocenters. The van der Waals surface area contributed by atoms with Crippen LogP contribution in [0.2, 0.25) is 0 Å². The maximum atomic E-state index is 12.9. The molecule has 11 heteroatoms. The largest absolute Gasteiger partial charge is 0.507 e. The van der Waals surface area contributed by atoms with E-state index in [-0.39, 0.29) is 22.6 Å². The van der Waals surface area contributed by atoms with Crippen LogP contribution in [-0.2, 0) is 27.8 Å². The van der Waals surface area contributed by atoms with Crippen molar-refractivity contribution in [2.45, 2.75) is 50.5 Å². The van der Waals surface area contributed by atoms with Gasteiger partial charge in [0.25, 0.3) is 5.91 Å². The molecule has 2 heterocycles. The van der Waals surface area contributed by atoms with Crippen LogP contribution in [0.25, 0.3) is 11.0 Å². The zero-order valence-corrected chi connectivity index (χ0v) is 20.3. The molecule has 0 aliphatic carbocycles. The Morgan fingerprint density at radius 3 is 2.54 bits per heavy atom. The lowest BCUT2D eigenvalue weighted by Gasteiger charge is -2.15. The molecule has 2 amide bonds. The number of sulfonamides is 1. The van der Waals surface area contributed by atoms with E-state index in [0.717, 1.165) is 24.8 Å². The van der Waals surface area contributed by atoms with Gasteiger partial charge in [-0.05, 0) is 49.6 Å². The molecule has 186 valence electrons. The number of imidazole rings is 1. The first kappa shape index (κ1) is 24.7. The number of benzene rings is 2. The van der Waals surface area contributed by atoms with E-state index in [0.29, 0.717) is 37.4 Å². The summed E-state index contributed by atoms with van der Waals surface area (Å²) in [4.78, 5) is 29.4. The lowest BCUT2D eigenvalue weighted by atomic mass is 10.2. The molecular formula is C24H29N5O5S. The fourth-order valence-corrected chi connectivity index (χ4v) is 5.75. The summed E-state index contributed by atoms with van der Waals surface area (Å²) in [6, 6.07) is 11.0. The van der Waals surface area contributed by atoms with Crippen LogP contribution in [0.5, 0.6) is 5.75 Å². The summed E-state index contributed by atoms with van der Waals surface area (Å²) in [5.41, 5.74) is 6.09. The molecule has 35 heavy (non-hydrogen) atoms. The fraction of sp³-hybridized carbons (Fsp3) is 0.375. The Balaban J connectivity index is 1.46. The molecule has 0 saturated carbocycles. The van der Waals surface area contributed by atoms with E-state index in [1.807, 2.05) is 11.5 Å². The molecule has 2 aromatic carbocycles. The highest BCUT2D eigenvalue weighted by atomic mass is 32.2. The third-order valence-corrected chi connectivity index (χ3v) is 7.88. The van der Waals surface area contributed by atoms with Crippen molar-refractivity contribution in [3.8, 4) is 5.75 Å². The monoisotopic (exact) mass is 499 g/mol. The quantitative estimate of drug-likeness (QED) is 0.408. The van der Waals surface area contributed by atoms with E-state index < -0.39 is 21.8 Å². The Kier molecular flexibility index (Phi) is 7.37. The number of aryl methyl sites for hydroxylation is 2. The first-order valence-electron chi connectivity index (χ1n) is 11.7. The van der Waals surface area contributed by atoms with Crippen LogP contribution in [0, 0.1) is 0 Å². The highest BCUT2D eigenvalue weighted by molar-refractivity contribution is 7.89. The Bertz CT molecular complexity index is 1350. The first-order chi connectivity index (χ1) is 16.8. The molecule has 3 N–H and O–H groups in total. The number of fused-ring (bicyclic) bond motifs is 1. The maximum Gasteiger partial charge on any atom is 0.273 e. The van der Waals surface area contributed by atoms with Gasteiger partial charge in [-0.25, -0.2) is 13.4 Å². The molecule has 1 aliphatic heterocycles. The van der Waals surface area contributed by atoms with Crippen molar-refractivity contribution in [2.75, 3.05) is 13.1 Å². The molecule has 10 nitrogen and oxygen atoms in total. The van der Waals surface area contributed by atoms with Crippen LogP contribution in [0.1, 0.15) is 48.8 Å². The number of rotatable bonds is 8. The van der Waals surface area contributed by atoms with Gasteiger partial charge in [0.15, 0.2) is 0 Å². The SMILES string of the molecule is CCCn1c(CCC(=O)NNC(=O)c2ccccc2O)nc2cc(S(=O)(=O)N3CCCC3)ccc21. The third-order valence-electron chi connectivity index (χ3n) is 5.99. The van der Waals surface area contributed by atoms with E-state index in [1.54, 1.807) is 30.3 Å². The van der Waals surface area contributed by atoms with Crippen molar-refractivity contribution in [2.24, 2.45) is 0 Å². The zero-order valence-electron chi connectivity index (χ0n) is 19.5. The van der Waals surface area contributed by atoms with Crippen molar-refractivity contribution in [3.63, 3.8) is 0 Å². The minimum atomic E-state index is -3.55. The summed E-state index contributed by atoms with van der Waals surface area (Å²) in [5.74, 6) is -0.555. The summed E-state index contributed by atoms with van der Waals surface area (Å²) in [6.45, 7) is 3.77. The molecule has 0 spiro atoms. The lowest BCUT2D eigenvalue weighted by molar-refractivity contribution is -0.121. The van der Waals surface area contributed by atoms with Crippen molar-refractivity contribution < 1.29 is 23.1 Å². The second-order valence-corrected chi connectivity index (χ2v) is 10.4. The molecule has 1 aliphatic rings. The van der Waals surface area contributed by atoms with E-state index in [9.17, 15) is 23.1 Å². The van der Waals surface area contributed by atoms with Gasteiger partial charge in [0, 0.05) is 32.5 Å². The zero-order chi connectivity index (χ0) is 25.0. The second-order valence-electron chi connectivity index (χ2n) is 8.46. The average Bonchev–Trinajstić information content (AvgIpc) is 3.51. The Hall–Kier alpha value is -3.44. The number of hydrogen-bond acceptors (Lipinski definition) is 6. The minimum Gasteiger partial charge on any atom is -0.507 e. The predicted molar refractivity (Wildman–Crippen MR) is 130 cm³/mol. The van der Waals surface area contributed by atoms with Gasteiger partial charge >= 0.3 is 0 Å². The molecule has 0 radical (unpaired) electrons. The summed E-state index contributed by atoms with van der Waals surface area (Å²) >= 11 is 0. The Labute approximate surface area is 204 Å². The molecular weight excluding hydrogens is 470 g/mol. The number of aromatic nitrogens is 2. The maximum absolute atomic E-state index is 12.9. The van der Waals surface area contributed by atoms with Gasteiger partial charge in [-0.3, -0.25) is 20.4 Å².